The molecule has 0 radical (unpaired) electrons. The van der Waals surface area contributed by atoms with Crippen LogP contribution in [0.25, 0.3) is 0 Å². The van der Waals surface area contributed by atoms with Gasteiger partial charge in [0.15, 0.2) is 5.92 Å². The normalized spacial score (nSPS) is 14.5. The topological polar surface area (TPSA) is 29.5 Å². The zero-order valence-electron chi connectivity index (χ0n) is 9.89. The number of benzene rings is 1. The zero-order valence-corrected chi connectivity index (χ0v) is 9.89. The standard InChI is InChI=1S/C11H9F7O2/c1-20-7-3-2-5(12)4-6(7)8(19)9(10(13,14)15)11(16,17)18/h2-4,8-9,19H,1H3. The predicted molar refractivity (Wildman–Crippen MR) is 53.5 cm³/mol. The van der Waals surface area contributed by atoms with Gasteiger partial charge in [-0.05, 0) is 18.2 Å². The first-order valence-corrected chi connectivity index (χ1v) is 5.13. The van der Waals surface area contributed by atoms with Gasteiger partial charge in [-0.2, -0.15) is 26.3 Å². The van der Waals surface area contributed by atoms with Gasteiger partial charge in [0.2, 0.25) is 0 Å². The number of aliphatic hydroxyl groups is 1. The summed E-state index contributed by atoms with van der Waals surface area (Å²) in [6.45, 7) is 0. The van der Waals surface area contributed by atoms with Crippen LogP contribution in [0.4, 0.5) is 30.7 Å². The van der Waals surface area contributed by atoms with E-state index < -0.39 is 41.5 Å². The van der Waals surface area contributed by atoms with E-state index in [1.807, 2.05) is 0 Å². The Morgan fingerprint density at radius 2 is 1.55 bits per heavy atom. The van der Waals surface area contributed by atoms with E-state index in [4.69, 9.17) is 0 Å². The van der Waals surface area contributed by atoms with Gasteiger partial charge in [0.1, 0.15) is 17.7 Å². The lowest BCUT2D eigenvalue weighted by molar-refractivity contribution is -0.307. The van der Waals surface area contributed by atoms with Crippen molar-refractivity contribution in [3.8, 4) is 5.75 Å². The molecule has 114 valence electrons. The second kappa shape index (κ2) is 5.47. The number of halogens is 7. The summed E-state index contributed by atoms with van der Waals surface area (Å²) in [5.41, 5.74) is -0.924. The van der Waals surface area contributed by atoms with Gasteiger partial charge in [-0.25, -0.2) is 4.39 Å². The van der Waals surface area contributed by atoms with Gasteiger partial charge in [-0.3, -0.25) is 0 Å². The van der Waals surface area contributed by atoms with E-state index in [-0.39, 0.29) is 0 Å². The van der Waals surface area contributed by atoms with Gasteiger partial charge >= 0.3 is 12.4 Å². The van der Waals surface area contributed by atoms with E-state index in [0.717, 1.165) is 19.2 Å². The molecular weight excluding hydrogens is 297 g/mol. The minimum atomic E-state index is -5.74. The lowest BCUT2D eigenvalue weighted by Crippen LogP contribution is -2.41. The van der Waals surface area contributed by atoms with Crippen LogP contribution in [0, 0.1) is 11.7 Å². The van der Waals surface area contributed by atoms with E-state index in [0.29, 0.717) is 6.07 Å². The summed E-state index contributed by atoms with van der Waals surface area (Å²) < 4.78 is 92.3. The van der Waals surface area contributed by atoms with Crippen molar-refractivity contribution in [3.63, 3.8) is 0 Å². The summed E-state index contributed by atoms with van der Waals surface area (Å²) in [5, 5.41) is 9.40. The molecule has 1 atom stereocenters. The van der Waals surface area contributed by atoms with Crippen molar-refractivity contribution in [2.75, 3.05) is 7.11 Å². The van der Waals surface area contributed by atoms with Gasteiger partial charge in [0.05, 0.1) is 7.11 Å². The van der Waals surface area contributed by atoms with Gasteiger partial charge in [-0.1, -0.05) is 0 Å². The van der Waals surface area contributed by atoms with Crippen molar-refractivity contribution >= 4 is 0 Å². The Hall–Kier alpha value is -1.51. The maximum Gasteiger partial charge on any atom is 0.403 e. The monoisotopic (exact) mass is 306 g/mol. The van der Waals surface area contributed by atoms with Crippen LogP contribution in [-0.4, -0.2) is 24.6 Å². The van der Waals surface area contributed by atoms with Crippen molar-refractivity contribution in [1.29, 1.82) is 0 Å². The molecule has 0 heterocycles. The van der Waals surface area contributed by atoms with Crippen LogP contribution < -0.4 is 4.74 Å². The second-order valence-corrected chi connectivity index (χ2v) is 3.89. The van der Waals surface area contributed by atoms with E-state index in [1.54, 1.807) is 0 Å². The molecule has 0 bridgehead atoms. The largest absolute Gasteiger partial charge is 0.496 e. The highest BCUT2D eigenvalue weighted by atomic mass is 19.4. The first-order valence-electron chi connectivity index (χ1n) is 5.13. The lowest BCUT2D eigenvalue weighted by atomic mass is 9.93. The molecule has 1 aromatic carbocycles. The van der Waals surface area contributed by atoms with Crippen molar-refractivity contribution in [2.24, 2.45) is 5.92 Å². The Morgan fingerprint density at radius 1 is 1.05 bits per heavy atom. The summed E-state index contributed by atoms with van der Waals surface area (Å²) in [5.74, 6) is -5.61. The summed E-state index contributed by atoms with van der Waals surface area (Å²) in [7, 11) is 0.972. The van der Waals surface area contributed by atoms with Gasteiger partial charge in [0, 0.05) is 5.56 Å². The molecular formula is C11H9F7O2. The van der Waals surface area contributed by atoms with Crippen LogP contribution in [-0.2, 0) is 0 Å². The van der Waals surface area contributed by atoms with Crippen molar-refractivity contribution in [3.05, 3.63) is 29.6 Å². The van der Waals surface area contributed by atoms with Crippen LogP contribution in [0.15, 0.2) is 18.2 Å². The third-order valence-electron chi connectivity index (χ3n) is 2.53. The fourth-order valence-electron chi connectivity index (χ4n) is 1.66. The average molecular weight is 306 g/mol. The summed E-state index contributed by atoms with van der Waals surface area (Å²) in [4.78, 5) is 0. The lowest BCUT2D eigenvalue weighted by Gasteiger charge is -2.28. The number of aliphatic hydroxyl groups excluding tert-OH is 1. The molecule has 1 N–H and O–H groups in total. The van der Waals surface area contributed by atoms with Crippen LogP contribution in [0.1, 0.15) is 11.7 Å². The van der Waals surface area contributed by atoms with Crippen molar-refractivity contribution in [2.45, 2.75) is 18.5 Å². The molecule has 2 nitrogen and oxygen atoms in total. The van der Waals surface area contributed by atoms with E-state index >= 15 is 0 Å². The first kappa shape index (κ1) is 16.5. The van der Waals surface area contributed by atoms with Gasteiger partial charge < -0.3 is 9.84 Å². The molecule has 1 unspecified atom stereocenters. The quantitative estimate of drug-likeness (QED) is 0.865. The number of alkyl halides is 6. The number of hydrogen-bond donors (Lipinski definition) is 1. The van der Waals surface area contributed by atoms with Gasteiger partial charge in [0.25, 0.3) is 0 Å². The molecule has 0 saturated heterocycles. The Kier molecular flexibility index (Phi) is 4.52. The predicted octanol–water partition coefficient (Wildman–Crippen LogP) is 3.61. The Bertz CT molecular complexity index is 453. The molecule has 0 spiro atoms. The van der Waals surface area contributed by atoms with E-state index in [2.05, 4.69) is 4.74 Å². The summed E-state index contributed by atoms with van der Waals surface area (Å²) in [6.07, 6.45) is -14.5. The van der Waals surface area contributed by atoms with Crippen LogP contribution >= 0.6 is 0 Å². The van der Waals surface area contributed by atoms with E-state index in [1.165, 1.54) is 0 Å². The van der Waals surface area contributed by atoms with Gasteiger partial charge in [-0.15, -0.1) is 0 Å². The summed E-state index contributed by atoms with van der Waals surface area (Å²) >= 11 is 0. The average Bonchev–Trinajstić information content (AvgIpc) is 2.24. The summed E-state index contributed by atoms with van der Waals surface area (Å²) in [6, 6.07) is 1.98. The smallest absolute Gasteiger partial charge is 0.403 e. The fraction of sp³-hybridized carbons (Fsp3) is 0.455. The highest BCUT2D eigenvalue weighted by Gasteiger charge is 2.60. The first-order chi connectivity index (χ1) is 8.98. The van der Waals surface area contributed by atoms with Crippen molar-refractivity contribution in [1.82, 2.24) is 0 Å². The van der Waals surface area contributed by atoms with Crippen LogP contribution in [0.3, 0.4) is 0 Å². The molecule has 0 aliphatic heterocycles. The highest BCUT2D eigenvalue weighted by molar-refractivity contribution is 5.36. The third-order valence-corrected chi connectivity index (χ3v) is 2.53. The number of hydrogen-bond acceptors (Lipinski definition) is 2. The minimum absolute atomic E-state index is 0.369. The Balaban J connectivity index is 3.33. The fourth-order valence-corrected chi connectivity index (χ4v) is 1.66. The zero-order chi connectivity index (χ0) is 15.7. The van der Waals surface area contributed by atoms with Crippen molar-refractivity contribution < 1.29 is 40.6 Å². The molecule has 0 saturated carbocycles. The van der Waals surface area contributed by atoms with E-state index in [9.17, 15) is 35.8 Å². The van der Waals surface area contributed by atoms with Crippen LogP contribution in [0.5, 0.6) is 5.75 Å². The molecule has 0 aliphatic carbocycles. The molecule has 0 fully saturated rings. The number of methoxy groups -OCH3 is 1. The minimum Gasteiger partial charge on any atom is -0.496 e. The molecule has 0 aromatic heterocycles. The maximum absolute atomic E-state index is 13.0. The third kappa shape index (κ3) is 3.53. The SMILES string of the molecule is COc1ccc(F)cc1C(O)C(C(F)(F)F)C(F)(F)F. The number of rotatable bonds is 3. The Labute approximate surface area is 108 Å². The molecule has 0 amide bonds. The molecule has 1 rings (SSSR count). The Morgan fingerprint density at radius 3 is 1.95 bits per heavy atom. The molecule has 20 heavy (non-hydrogen) atoms. The highest BCUT2D eigenvalue weighted by Crippen LogP contribution is 2.47. The maximum atomic E-state index is 13.0. The second-order valence-electron chi connectivity index (χ2n) is 3.89. The molecule has 9 heteroatoms. The molecule has 0 aliphatic rings. The molecule has 1 aromatic rings. The van der Waals surface area contributed by atoms with Crippen LogP contribution in [0.2, 0.25) is 0 Å². The number of ether oxygens (including phenoxy) is 1.